The van der Waals surface area contributed by atoms with Gasteiger partial charge in [-0.3, -0.25) is 0 Å². The van der Waals surface area contributed by atoms with Crippen molar-refractivity contribution in [2.75, 3.05) is 13.2 Å². The van der Waals surface area contributed by atoms with E-state index in [1.165, 1.54) is 15.0 Å². The summed E-state index contributed by atoms with van der Waals surface area (Å²) in [6.07, 6.45) is 2.13. The Morgan fingerprint density at radius 3 is 2.79 bits per heavy atom. The van der Waals surface area contributed by atoms with E-state index in [0.717, 1.165) is 37.6 Å². The molecule has 2 nitrogen and oxygen atoms in total. The van der Waals surface area contributed by atoms with E-state index >= 15 is 0 Å². The highest BCUT2D eigenvalue weighted by Gasteiger charge is 2.27. The minimum absolute atomic E-state index is 0.178. The number of fused-ring (bicyclic) bond motifs is 1. The topological polar surface area (TPSA) is 21.3 Å². The number of halogens is 1. The molecule has 1 aromatic heterocycles. The molecule has 0 amide bonds. The van der Waals surface area contributed by atoms with Crippen molar-refractivity contribution in [3.8, 4) is 0 Å². The molecular weight excluding hydrogens is 278 g/mol. The van der Waals surface area contributed by atoms with Gasteiger partial charge < -0.3 is 10.1 Å². The zero-order valence-corrected chi connectivity index (χ0v) is 12.6. The van der Waals surface area contributed by atoms with Gasteiger partial charge in [0, 0.05) is 40.3 Å². The predicted molar refractivity (Wildman–Crippen MR) is 82.1 cm³/mol. The molecule has 4 heteroatoms. The second kappa shape index (κ2) is 5.41. The minimum atomic E-state index is 0.178. The van der Waals surface area contributed by atoms with E-state index in [1.807, 2.05) is 6.07 Å². The van der Waals surface area contributed by atoms with Crippen LogP contribution in [0, 0.1) is 0 Å². The molecule has 0 bridgehead atoms. The molecule has 2 heterocycles. The van der Waals surface area contributed by atoms with E-state index < -0.39 is 0 Å². The summed E-state index contributed by atoms with van der Waals surface area (Å²) in [6.45, 7) is 4.82. The van der Waals surface area contributed by atoms with Gasteiger partial charge in [-0.05, 0) is 25.8 Å². The Morgan fingerprint density at radius 2 is 2.05 bits per heavy atom. The highest BCUT2D eigenvalue weighted by Crippen LogP contribution is 2.35. The first kappa shape index (κ1) is 13.4. The summed E-state index contributed by atoms with van der Waals surface area (Å²) >= 11 is 8.25. The van der Waals surface area contributed by atoms with E-state index in [4.69, 9.17) is 16.3 Å². The molecule has 1 N–H and O–H groups in total. The monoisotopic (exact) mass is 295 g/mol. The van der Waals surface area contributed by atoms with Crippen molar-refractivity contribution in [3.63, 3.8) is 0 Å². The van der Waals surface area contributed by atoms with Crippen molar-refractivity contribution < 1.29 is 4.74 Å². The highest BCUT2D eigenvalue weighted by atomic mass is 35.5. The molecule has 3 rings (SSSR count). The van der Waals surface area contributed by atoms with Crippen LogP contribution < -0.4 is 5.32 Å². The van der Waals surface area contributed by atoms with Gasteiger partial charge in [0.2, 0.25) is 0 Å². The van der Waals surface area contributed by atoms with Gasteiger partial charge in [0.05, 0.1) is 5.02 Å². The maximum absolute atomic E-state index is 6.47. The summed E-state index contributed by atoms with van der Waals surface area (Å²) in [7, 11) is 0. The van der Waals surface area contributed by atoms with Gasteiger partial charge in [0.15, 0.2) is 0 Å². The third kappa shape index (κ3) is 2.79. The Kier molecular flexibility index (Phi) is 3.81. The average molecular weight is 296 g/mol. The Bertz CT molecular complexity index is 575. The highest BCUT2D eigenvalue weighted by molar-refractivity contribution is 7.19. The van der Waals surface area contributed by atoms with Crippen LogP contribution in [0.5, 0.6) is 0 Å². The van der Waals surface area contributed by atoms with Crippen molar-refractivity contribution in [1.29, 1.82) is 0 Å². The van der Waals surface area contributed by atoms with Crippen LogP contribution in [0.1, 0.15) is 24.6 Å². The molecule has 1 saturated heterocycles. The SMILES string of the molecule is CC1(NCc2sc3ccccc3c2Cl)CCOCC1. The third-order valence-electron chi connectivity index (χ3n) is 3.87. The van der Waals surface area contributed by atoms with Gasteiger partial charge in [-0.25, -0.2) is 0 Å². The second-order valence-electron chi connectivity index (χ2n) is 5.36. The maximum atomic E-state index is 6.47. The fraction of sp³-hybridized carbons (Fsp3) is 0.467. The lowest BCUT2D eigenvalue weighted by Crippen LogP contribution is -2.46. The number of ether oxygens (including phenoxy) is 1. The van der Waals surface area contributed by atoms with E-state index in [-0.39, 0.29) is 5.54 Å². The summed E-state index contributed by atoms with van der Waals surface area (Å²) in [5.74, 6) is 0. The average Bonchev–Trinajstić information content (AvgIpc) is 2.75. The normalized spacial score (nSPS) is 18.8. The van der Waals surface area contributed by atoms with Crippen LogP contribution in [-0.2, 0) is 11.3 Å². The number of hydrogen-bond donors (Lipinski definition) is 1. The number of hydrogen-bond acceptors (Lipinski definition) is 3. The number of rotatable bonds is 3. The smallest absolute Gasteiger partial charge is 0.0636 e. The number of benzene rings is 1. The quantitative estimate of drug-likeness (QED) is 0.916. The van der Waals surface area contributed by atoms with Gasteiger partial charge in [-0.15, -0.1) is 11.3 Å². The van der Waals surface area contributed by atoms with Crippen LogP contribution in [0.2, 0.25) is 5.02 Å². The second-order valence-corrected chi connectivity index (χ2v) is 6.88. The summed E-state index contributed by atoms with van der Waals surface area (Å²) in [6, 6.07) is 8.32. The van der Waals surface area contributed by atoms with Crippen LogP contribution in [0.25, 0.3) is 10.1 Å². The molecule has 1 fully saturated rings. The Hall–Kier alpha value is -0.610. The lowest BCUT2D eigenvalue weighted by molar-refractivity contribution is 0.0447. The van der Waals surface area contributed by atoms with Gasteiger partial charge in [0.25, 0.3) is 0 Å². The van der Waals surface area contributed by atoms with Crippen molar-refractivity contribution >= 4 is 33.0 Å². The molecule has 2 aromatic rings. The van der Waals surface area contributed by atoms with Crippen molar-refractivity contribution in [2.45, 2.75) is 31.8 Å². The van der Waals surface area contributed by atoms with Crippen molar-refractivity contribution in [1.82, 2.24) is 5.32 Å². The molecule has 0 atom stereocenters. The van der Waals surface area contributed by atoms with Crippen LogP contribution >= 0.6 is 22.9 Å². The van der Waals surface area contributed by atoms with Crippen LogP contribution in [0.3, 0.4) is 0 Å². The first-order valence-corrected chi connectivity index (χ1v) is 7.86. The molecule has 1 aliphatic heterocycles. The Labute approximate surface area is 122 Å². The standard InChI is InChI=1S/C15H18ClNOS/c1-15(6-8-18-9-7-15)17-10-13-14(16)11-4-2-3-5-12(11)19-13/h2-5,17H,6-10H2,1H3. The first-order chi connectivity index (χ1) is 9.18. The molecule has 0 radical (unpaired) electrons. The molecule has 0 aliphatic carbocycles. The molecular formula is C15H18ClNOS. The molecule has 102 valence electrons. The lowest BCUT2D eigenvalue weighted by Gasteiger charge is -2.34. The third-order valence-corrected chi connectivity index (χ3v) is 5.59. The summed E-state index contributed by atoms with van der Waals surface area (Å²) in [4.78, 5) is 1.23. The summed E-state index contributed by atoms with van der Waals surface area (Å²) in [5.41, 5.74) is 0.178. The first-order valence-electron chi connectivity index (χ1n) is 6.67. The van der Waals surface area contributed by atoms with Gasteiger partial charge in [-0.2, -0.15) is 0 Å². The van der Waals surface area contributed by atoms with Gasteiger partial charge >= 0.3 is 0 Å². The summed E-state index contributed by atoms with van der Waals surface area (Å²) in [5, 5.41) is 5.74. The fourth-order valence-electron chi connectivity index (χ4n) is 2.47. The Morgan fingerprint density at radius 1 is 1.32 bits per heavy atom. The molecule has 1 aliphatic rings. The lowest BCUT2D eigenvalue weighted by atomic mass is 9.92. The van der Waals surface area contributed by atoms with Gasteiger partial charge in [-0.1, -0.05) is 29.8 Å². The predicted octanol–water partition coefficient (Wildman–Crippen LogP) is 4.21. The number of nitrogens with one attached hydrogen (secondary N) is 1. The maximum Gasteiger partial charge on any atom is 0.0636 e. The molecule has 0 unspecified atom stereocenters. The zero-order chi connectivity index (χ0) is 13.3. The molecule has 1 aromatic carbocycles. The van der Waals surface area contributed by atoms with Crippen LogP contribution in [0.15, 0.2) is 24.3 Å². The van der Waals surface area contributed by atoms with Gasteiger partial charge in [0.1, 0.15) is 0 Å². The summed E-state index contributed by atoms with van der Waals surface area (Å²) < 4.78 is 6.69. The molecule has 19 heavy (non-hydrogen) atoms. The zero-order valence-electron chi connectivity index (χ0n) is 11.0. The van der Waals surface area contributed by atoms with E-state index in [9.17, 15) is 0 Å². The van der Waals surface area contributed by atoms with E-state index in [2.05, 4.69) is 30.4 Å². The molecule has 0 saturated carbocycles. The van der Waals surface area contributed by atoms with E-state index in [1.54, 1.807) is 11.3 Å². The number of thiophene rings is 1. The fourth-order valence-corrected chi connectivity index (χ4v) is 3.91. The Balaban J connectivity index is 1.76. The van der Waals surface area contributed by atoms with Crippen molar-refractivity contribution in [2.24, 2.45) is 0 Å². The largest absolute Gasteiger partial charge is 0.381 e. The molecule has 0 spiro atoms. The van der Waals surface area contributed by atoms with Crippen LogP contribution in [0.4, 0.5) is 0 Å². The van der Waals surface area contributed by atoms with Crippen molar-refractivity contribution in [3.05, 3.63) is 34.2 Å². The minimum Gasteiger partial charge on any atom is -0.381 e. The van der Waals surface area contributed by atoms with E-state index in [0.29, 0.717) is 0 Å². The van der Waals surface area contributed by atoms with Crippen LogP contribution in [-0.4, -0.2) is 18.8 Å².